The van der Waals surface area contributed by atoms with Gasteiger partial charge in [0.25, 0.3) is 5.91 Å². The first-order chi connectivity index (χ1) is 15.7. The van der Waals surface area contributed by atoms with Crippen molar-refractivity contribution >= 4 is 40.2 Å². The summed E-state index contributed by atoms with van der Waals surface area (Å²) >= 11 is 1.27. The number of thiophene rings is 1. The molecule has 4 rings (SSSR count). The van der Waals surface area contributed by atoms with E-state index in [0.29, 0.717) is 16.3 Å². The normalized spacial score (nSPS) is 19.8. The number of hydrogen-bond donors (Lipinski definition) is 2. The fourth-order valence-electron chi connectivity index (χ4n) is 4.19. The molecule has 1 fully saturated rings. The van der Waals surface area contributed by atoms with Crippen molar-refractivity contribution in [2.24, 2.45) is 0 Å². The third kappa shape index (κ3) is 3.97. The summed E-state index contributed by atoms with van der Waals surface area (Å²) in [4.78, 5) is 52.1. The van der Waals surface area contributed by atoms with Gasteiger partial charge in [-0.25, -0.2) is 18.4 Å². The van der Waals surface area contributed by atoms with Crippen molar-refractivity contribution in [1.29, 1.82) is 0 Å². The number of carbonyl (C=O) groups excluding carboxylic acids is 4. The molecule has 8 nitrogen and oxygen atoms in total. The molecule has 1 aromatic heterocycles. The van der Waals surface area contributed by atoms with Crippen LogP contribution in [0.25, 0.3) is 0 Å². The third-order valence-electron chi connectivity index (χ3n) is 5.86. The number of nitrogens with one attached hydrogen (secondary N) is 2. The zero-order valence-electron chi connectivity index (χ0n) is 17.9. The van der Waals surface area contributed by atoms with Crippen molar-refractivity contribution in [3.05, 3.63) is 51.4 Å². The summed E-state index contributed by atoms with van der Waals surface area (Å²) in [5.74, 6) is -3.83. The van der Waals surface area contributed by atoms with Crippen LogP contribution in [0.15, 0.2) is 18.2 Å². The maximum atomic E-state index is 14.3. The molecule has 174 valence electrons. The van der Waals surface area contributed by atoms with E-state index in [-0.39, 0.29) is 11.1 Å². The Labute approximate surface area is 191 Å². The molecule has 1 atom stereocenters. The van der Waals surface area contributed by atoms with Gasteiger partial charge in [0, 0.05) is 10.4 Å². The van der Waals surface area contributed by atoms with Crippen LogP contribution in [0, 0.1) is 11.6 Å². The van der Waals surface area contributed by atoms with Gasteiger partial charge in [-0.3, -0.25) is 14.5 Å². The molecule has 0 radical (unpaired) electrons. The standard InChI is InChI=1S/C22H21F2N3O5S/c1-22(13-9-11(23)7-8-14(13)24)20(30)27(21(31)26-22)10-16(28)25-18-17(19(29)32-2)12-5-3-4-6-15(12)33-18/h7-9H,3-6,10H2,1-2H3,(H,25,28)(H,26,31). The molecule has 11 heteroatoms. The largest absolute Gasteiger partial charge is 0.465 e. The van der Waals surface area contributed by atoms with E-state index in [2.05, 4.69) is 10.6 Å². The minimum absolute atomic E-state index is 0.287. The average Bonchev–Trinajstić information content (AvgIpc) is 3.24. The highest BCUT2D eigenvalue weighted by Crippen LogP contribution is 2.38. The van der Waals surface area contributed by atoms with Crippen LogP contribution in [-0.2, 0) is 32.7 Å². The van der Waals surface area contributed by atoms with E-state index in [1.54, 1.807) is 0 Å². The molecule has 2 aliphatic rings. The Morgan fingerprint density at radius 1 is 1.24 bits per heavy atom. The molecule has 1 aliphatic carbocycles. The zero-order valence-corrected chi connectivity index (χ0v) is 18.7. The van der Waals surface area contributed by atoms with Crippen molar-refractivity contribution in [3.63, 3.8) is 0 Å². The molecule has 0 saturated carbocycles. The lowest BCUT2D eigenvalue weighted by molar-refractivity contribution is -0.133. The Hall–Kier alpha value is -3.34. The van der Waals surface area contributed by atoms with Gasteiger partial charge < -0.3 is 15.4 Å². The summed E-state index contributed by atoms with van der Waals surface area (Å²) in [5.41, 5.74) is -1.09. The van der Waals surface area contributed by atoms with Crippen LogP contribution in [-0.4, -0.2) is 42.4 Å². The quantitative estimate of drug-likeness (QED) is 0.509. The van der Waals surface area contributed by atoms with Gasteiger partial charge in [-0.2, -0.15) is 0 Å². The highest BCUT2D eigenvalue weighted by atomic mass is 32.1. The molecule has 4 amide bonds. The average molecular weight is 477 g/mol. The second-order valence-corrected chi connectivity index (χ2v) is 9.13. The lowest BCUT2D eigenvalue weighted by atomic mass is 9.91. The summed E-state index contributed by atoms with van der Waals surface area (Å²) in [7, 11) is 1.25. The van der Waals surface area contributed by atoms with E-state index < -0.39 is 47.5 Å². The number of rotatable bonds is 5. The van der Waals surface area contributed by atoms with Crippen molar-refractivity contribution in [1.82, 2.24) is 10.2 Å². The number of urea groups is 1. The maximum Gasteiger partial charge on any atom is 0.341 e. The van der Waals surface area contributed by atoms with Crippen LogP contribution in [0.3, 0.4) is 0 Å². The number of hydrogen-bond acceptors (Lipinski definition) is 6. The van der Waals surface area contributed by atoms with Crippen LogP contribution in [0.5, 0.6) is 0 Å². The summed E-state index contributed by atoms with van der Waals surface area (Å²) in [5, 5.41) is 5.25. The first-order valence-corrected chi connectivity index (χ1v) is 11.1. The van der Waals surface area contributed by atoms with E-state index in [4.69, 9.17) is 4.74 Å². The Kier molecular flexibility index (Phi) is 5.91. The number of ether oxygens (including phenoxy) is 1. The fraction of sp³-hybridized carbons (Fsp3) is 0.364. The van der Waals surface area contributed by atoms with Crippen molar-refractivity contribution in [2.75, 3.05) is 19.0 Å². The lowest BCUT2D eigenvalue weighted by Gasteiger charge is -2.22. The molecular formula is C22H21F2N3O5S. The Morgan fingerprint density at radius 2 is 1.97 bits per heavy atom. The highest BCUT2D eigenvalue weighted by molar-refractivity contribution is 7.17. The number of imide groups is 1. The van der Waals surface area contributed by atoms with E-state index in [9.17, 15) is 28.0 Å². The van der Waals surface area contributed by atoms with Crippen molar-refractivity contribution in [3.8, 4) is 0 Å². The Bertz CT molecular complexity index is 1180. The van der Waals surface area contributed by atoms with Gasteiger partial charge in [-0.1, -0.05) is 0 Å². The summed E-state index contributed by atoms with van der Waals surface area (Å²) < 4.78 is 32.8. The van der Waals surface area contributed by atoms with Crippen LogP contribution in [0.4, 0.5) is 18.6 Å². The molecule has 1 unspecified atom stereocenters. The first-order valence-electron chi connectivity index (χ1n) is 10.3. The minimum atomic E-state index is -1.87. The van der Waals surface area contributed by atoms with E-state index in [1.807, 2.05) is 0 Å². The SMILES string of the molecule is COC(=O)c1c(NC(=O)CN2C(=O)NC(C)(c3cc(F)ccc3F)C2=O)sc2c1CCCC2. The number of aryl methyl sites for hydroxylation is 1. The van der Waals surface area contributed by atoms with Crippen LogP contribution in [0.1, 0.15) is 46.1 Å². The Morgan fingerprint density at radius 3 is 2.70 bits per heavy atom. The third-order valence-corrected chi connectivity index (χ3v) is 7.06. The van der Waals surface area contributed by atoms with Gasteiger partial charge >= 0.3 is 12.0 Å². The number of benzene rings is 1. The van der Waals surface area contributed by atoms with Gasteiger partial charge in [0.2, 0.25) is 5.91 Å². The minimum Gasteiger partial charge on any atom is -0.465 e. The molecule has 1 aliphatic heterocycles. The molecule has 1 aromatic carbocycles. The molecular weight excluding hydrogens is 456 g/mol. The number of nitrogens with zero attached hydrogens (tertiary/aromatic N) is 1. The monoisotopic (exact) mass is 477 g/mol. The number of fused-ring (bicyclic) bond motifs is 1. The Balaban J connectivity index is 1.56. The maximum absolute atomic E-state index is 14.3. The number of anilines is 1. The molecule has 1 saturated heterocycles. The number of carbonyl (C=O) groups is 4. The molecule has 0 bridgehead atoms. The number of halogens is 2. The molecule has 2 aromatic rings. The molecule has 2 N–H and O–H groups in total. The van der Waals surface area contributed by atoms with Crippen LogP contribution in [0.2, 0.25) is 0 Å². The van der Waals surface area contributed by atoms with Gasteiger partial charge in [0.1, 0.15) is 28.7 Å². The molecule has 2 heterocycles. The fourth-order valence-corrected chi connectivity index (χ4v) is 5.48. The van der Waals surface area contributed by atoms with Gasteiger partial charge in [0.15, 0.2) is 0 Å². The van der Waals surface area contributed by atoms with Crippen molar-refractivity contribution < 1.29 is 32.7 Å². The lowest BCUT2D eigenvalue weighted by Crippen LogP contribution is -2.42. The second kappa shape index (κ2) is 8.54. The zero-order chi connectivity index (χ0) is 23.9. The topological polar surface area (TPSA) is 105 Å². The summed E-state index contributed by atoms with van der Waals surface area (Å²) in [6.07, 6.45) is 3.36. The number of methoxy groups -OCH3 is 1. The number of amides is 4. The van der Waals surface area contributed by atoms with E-state index in [1.165, 1.54) is 25.4 Å². The summed E-state index contributed by atoms with van der Waals surface area (Å²) in [6.45, 7) is 0.575. The highest BCUT2D eigenvalue weighted by Gasteiger charge is 2.51. The second-order valence-electron chi connectivity index (χ2n) is 8.03. The van der Waals surface area contributed by atoms with Gasteiger partial charge in [-0.15, -0.1) is 11.3 Å². The van der Waals surface area contributed by atoms with Crippen LogP contribution >= 0.6 is 11.3 Å². The predicted molar refractivity (Wildman–Crippen MR) is 115 cm³/mol. The van der Waals surface area contributed by atoms with Crippen molar-refractivity contribution in [2.45, 2.75) is 38.1 Å². The molecule has 33 heavy (non-hydrogen) atoms. The van der Waals surface area contributed by atoms with Gasteiger partial charge in [-0.05, 0) is 56.4 Å². The number of esters is 1. The van der Waals surface area contributed by atoms with E-state index in [0.717, 1.165) is 47.9 Å². The molecule has 0 spiro atoms. The first kappa shape index (κ1) is 22.8. The van der Waals surface area contributed by atoms with E-state index >= 15 is 0 Å². The summed E-state index contributed by atoms with van der Waals surface area (Å²) in [6, 6.07) is 1.67. The van der Waals surface area contributed by atoms with Gasteiger partial charge in [0.05, 0.1) is 12.7 Å². The van der Waals surface area contributed by atoms with Crippen LogP contribution < -0.4 is 10.6 Å². The smallest absolute Gasteiger partial charge is 0.341 e. The predicted octanol–water partition coefficient (Wildman–Crippen LogP) is 3.10.